The van der Waals surface area contributed by atoms with E-state index >= 15 is 8.78 Å². The number of nitrogens with zero attached hydrogens (tertiary/aromatic N) is 1. The van der Waals surface area contributed by atoms with Crippen molar-refractivity contribution in [3.05, 3.63) is 59.7 Å². The lowest BCUT2D eigenvalue weighted by molar-refractivity contribution is -0.177. The SMILES string of the molecule is O=C(NC(C1CC1)C(F)(F)C(=O)N1CCC1C(=O)O)OCC1c2ccccc2-c2ccccc21. The third-order valence-corrected chi connectivity index (χ3v) is 6.95. The molecule has 1 saturated carbocycles. The highest BCUT2D eigenvalue weighted by Gasteiger charge is 2.58. The van der Waals surface area contributed by atoms with Crippen molar-refractivity contribution in [3.8, 4) is 11.1 Å². The van der Waals surface area contributed by atoms with Gasteiger partial charge in [0.1, 0.15) is 18.7 Å². The Hall–Kier alpha value is -3.49. The maximum atomic E-state index is 15.1. The second-order valence-corrected chi connectivity index (χ2v) is 9.05. The molecule has 1 aliphatic heterocycles. The number of amides is 2. The van der Waals surface area contributed by atoms with Crippen molar-refractivity contribution < 1.29 is 33.0 Å². The number of carbonyl (C=O) groups excluding carboxylic acids is 2. The monoisotopic (exact) mass is 470 g/mol. The van der Waals surface area contributed by atoms with Crippen molar-refractivity contribution in [1.82, 2.24) is 10.2 Å². The van der Waals surface area contributed by atoms with E-state index in [9.17, 15) is 14.4 Å². The summed E-state index contributed by atoms with van der Waals surface area (Å²) < 4.78 is 35.6. The van der Waals surface area contributed by atoms with Gasteiger partial charge in [0.2, 0.25) is 0 Å². The summed E-state index contributed by atoms with van der Waals surface area (Å²) in [5.74, 6) is -7.60. The van der Waals surface area contributed by atoms with E-state index in [1.54, 1.807) is 0 Å². The molecule has 0 bridgehead atoms. The molecule has 1 heterocycles. The average molecular weight is 470 g/mol. The number of aliphatic carboxylic acids is 1. The molecule has 2 amide bonds. The summed E-state index contributed by atoms with van der Waals surface area (Å²) in [7, 11) is 0. The Morgan fingerprint density at radius 3 is 2.12 bits per heavy atom. The number of carboxylic acids is 1. The Labute approximate surface area is 194 Å². The highest BCUT2D eigenvalue weighted by Crippen LogP contribution is 2.45. The van der Waals surface area contributed by atoms with Crippen LogP contribution in [0.2, 0.25) is 0 Å². The topological polar surface area (TPSA) is 95.9 Å². The third kappa shape index (κ3) is 3.78. The lowest BCUT2D eigenvalue weighted by Crippen LogP contribution is -2.64. The van der Waals surface area contributed by atoms with E-state index in [1.165, 1.54) is 0 Å². The zero-order valence-electron chi connectivity index (χ0n) is 18.2. The molecule has 2 unspecified atom stereocenters. The maximum Gasteiger partial charge on any atom is 0.407 e. The third-order valence-electron chi connectivity index (χ3n) is 6.95. The van der Waals surface area contributed by atoms with Gasteiger partial charge in [-0.25, -0.2) is 9.59 Å². The van der Waals surface area contributed by atoms with Crippen LogP contribution in [-0.4, -0.2) is 59.1 Å². The summed E-state index contributed by atoms with van der Waals surface area (Å²) in [6.07, 6.45) is -0.00548. The normalized spacial score (nSPS) is 20.1. The number of alkyl carbamates (subject to hydrolysis) is 1. The van der Waals surface area contributed by atoms with Crippen molar-refractivity contribution in [2.45, 2.75) is 43.2 Å². The molecule has 2 aliphatic carbocycles. The van der Waals surface area contributed by atoms with E-state index in [4.69, 9.17) is 9.84 Å². The van der Waals surface area contributed by atoms with Gasteiger partial charge in [-0.05, 0) is 47.4 Å². The van der Waals surface area contributed by atoms with Crippen LogP contribution in [0.15, 0.2) is 48.5 Å². The van der Waals surface area contributed by atoms with Gasteiger partial charge in [-0.2, -0.15) is 8.78 Å². The summed E-state index contributed by atoms with van der Waals surface area (Å²) in [5, 5.41) is 11.3. The van der Waals surface area contributed by atoms with Crippen LogP contribution >= 0.6 is 0 Å². The molecule has 0 aromatic heterocycles. The van der Waals surface area contributed by atoms with Gasteiger partial charge in [-0.1, -0.05) is 48.5 Å². The second kappa shape index (κ2) is 8.38. The van der Waals surface area contributed by atoms with Gasteiger partial charge in [-0.3, -0.25) is 4.79 Å². The number of hydrogen-bond acceptors (Lipinski definition) is 4. The van der Waals surface area contributed by atoms with E-state index in [2.05, 4.69) is 5.32 Å². The van der Waals surface area contributed by atoms with Crippen LogP contribution in [0.25, 0.3) is 11.1 Å². The lowest BCUT2D eigenvalue weighted by Gasteiger charge is -2.41. The number of likely N-dealkylation sites (tertiary alicyclic amines) is 1. The number of benzene rings is 2. The Morgan fingerprint density at radius 1 is 1.03 bits per heavy atom. The molecule has 7 nitrogen and oxygen atoms in total. The first-order valence-corrected chi connectivity index (χ1v) is 11.3. The zero-order chi connectivity index (χ0) is 24.0. The van der Waals surface area contributed by atoms with E-state index < -0.39 is 41.9 Å². The number of halogens is 2. The molecule has 9 heteroatoms. The summed E-state index contributed by atoms with van der Waals surface area (Å²) in [4.78, 5) is 36.9. The Bertz CT molecular complexity index is 1100. The van der Waals surface area contributed by atoms with Crippen molar-refractivity contribution in [3.63, 3.8) is 0 Å². The molecule has 3 aliphatic rings. The number of carbonyl (C=O) groups is 3. The minimum absolute atomic E-state index is 0.0377. The molecule has 0 radical (unpaired) electrons. The van der Waals surface area contributed by atoms with Crippen LogP contribution in [0.5, 0.6) is 0 Å². The fourth-order valence-corrected chi connectivity index (χ4v) is 4.91. The van der Waals surface area contributed by atoms with Gasteiger partial charge < -0.3 is 20.1 Å². The van der Waals surface area contributed by atoms with Crippen LogP contribution in [-0.2, 0) is 14.3 Å². The molecule has 2 aromatic rings. The molecule has 2 N–H and O–H groups in total. The van der Waals surface area contributed by atoms with Crippen LogP contribution in [0.1, 0.15) is 36.3 Å². The zero-order valence-corrected chi connectivity index (χ0v) is 18.2. The van der Waals surface area contributed by atoms with Gasteiger partial charge in [0.25, 0.3) is 5.91 Å². The van der Waals surface area contributed by atoms with E-state index in [-0.39, 0.29) is 25.5 Å². The minimum Gasteiger partial charge on any atom is -0.480 e. The number of carboxylic acid groups (broad SMARTS) is 1. The first-order valence-electron chi connectivity index (χ1n) is 11.3. The van der Waals surface area contributed by atoms with Gasteiger partial charge in [0, 0.05) is 12.5 Å². The van der Waals surface area contributed by atoms with E-state index in [0.29, 0.717) is 17.7 Å². The van der Waals surface area contributed by atoms with E-state index in [1.807, 2.05) is 48.5 Å². The average Bonchev–Trinajstić information content (AvgIpc) is 3.57. The highest BCUT2D eigenvalue weighted by molar-refractivity contribution is 5.90. The molecule has 1 saturated heterocycles. The van der Waals surface area contributed by atoms with Crippen LogP contribution in [0.3, 0.4) is 0 Å². The fourth-order valence-electron chi connectivity index (χ4n) is 4.91. The Kier molecular flexibility index (Phi) is 5.50. The van der Waals surface area contributed by atoms with Crippen LogP contribution in [0, 0.1) is 5.92 Å². The van der Waals surface area contributed by atoms with Crippen LogP contribution < -0.4 is 5.32 Å². The Morgan fingerprint density at radius 2 is 1.62 bits per heavy atom. The largest absolute Gasteiger partial charge is 0.480 e. The van der Waals surface area contributed by atoms with Crippen molar-refractivity contribution >= 4 is 18.0 Å². The van der Waals surface area contributed by atoms with Crippen LogP contribution in [0.4, 0.5) is 13.6 Å². The number of fused-ring (bicyclic) bond motifs is 3. The minimum atomic E-state index is -3.93. The Balaban J connectivity index is 1.27. The molecular weight excluding hydrogens is 446 g/mol. The van der Waals surface area contributed by atoms with E-state index in [0.717, 1.165) is 22.3 Å². The number of rotatable bonds is 7. The summed E-state index contributed by atoms with van der Waals surface area (Å²) in [6.45, 7) is -0.0856. The number of hydrogen-bond donors (Lipinski definition) is 2. The maximum absolute atomic E-state index is 15.1. The number of nitrogens with one attached hydrogen (secondary N) is 1. The highest BCUT2D eigenvalue weighted by atomic mass is 19.3. The van der Waals surface area contributed by atoms with Gasteiger partial charge in [-0.15, -0.1) is 0 Å². The number of ether oxygens (including phenoxy) is 1. The first-order chi connectivity index (χ1) is 16.3. The van der Waals surface area contributed by atoms with Crippen molar-refractivity contribution in [2.24, 2.45) is 5.92 Å². The summed E-state index contributed by atoms with van der Waals surface area (Å²) >= 11 is 0. The van der Waals surface area contributed by atoms with Gasteiger partial charge >= 0.3 is 18.0 Å². The smallest absolute Gasteiger partial charge is 0.407 e. The summed E-state index contributed by atoms with van der Waals surface area (Å²) in [5.41, 5.74) is 4.08. The lowest BCUT2D eigenvalue weighted by atomic mass is 9.97. The predicted molar refractivity (Wildman–Crippen MR) is 117 cm³/mol. The standard InChI is InChI=1S/C25H24F2N2O5/c26-25(27,23(32)29-12-11-20(29)22(30)31)21(14-9-10-14)28-24(33)34-13-19-17-7-3-1-5-15(17)16-6-2-4-8-18(16)19/h1-8,14,19-21H,9-13H2,(H,28,33)(H,30,31). The number of alkyl halides is 2. The molecule has 2 aromatic carbocycles. The predicted octanol–water partition coefficient (Wildman–Crippen LogP) is 3.62. The first kappa shape index (κ1) is 22.3. The second-order valence-electron chi connectivity index (χ2n) is 9.05. The quantitative estimate of drug-likeness (QED) is 0.645. The molecule has 0 spiro atoms. The molecular formula is C25H24F2N2O5. The molecule has 34 heavy (non-hydrogen) atoms. The molecule has 2 atom stereocenters. The molecule has 178 valence electrons. The van der Waals surface area contributed by atoms with Crippen molar-refractivity contribution in [1.29, 1.82) is 0 Å². The van der Waals surface area contributed by atoms with Crippen molar-refractivity contribution in [2.75, 3.05) is 13.2 Å². The fraction of sp³-hybridized carbons (Fsp3) is 0.400. The molecule has 2 fully saturated rings. The summed E-state index contributed by atoms with van der Waals surface area (Å²) in [6, 6.07) is 12.5. The van der Waals surface area contributed by atoms with Gasteiger partial charge in [0.05, 0.1) is 0 Å². The van der Waals surface area contributed by atoms with Gasteiger partial charge in [0.15, 0.2) is 0 Å². The molecule has 5 rings (SSSR count).